The number of ether oxygens (including phenoxy) is 1. The van der Waals surface area contributed by atoms with Gasteiger partial charge in [-0.05, 0) is 77.6 Å². The van der Waals surface area contributed by atoms with Crippen LogP contribution in [0.3, 0.4) is 0 Å². The van der Waals surface area contributed by atoms with Crippen molar-refractivity contribution in [3.05, 3.63) is 124 Å². The number of rotatable bonds is 7. The molecule has 8 nitrogen and oxygen atoms in total. The lowest BCUT2D eigenvalue weighted by Gasteiger charge is -2.27. The molecule has 5 aromatic rings. The second-order valence-electron chi connectivity index (χ2n) is 11.7. The molecule has 0 amide bonds. The summed E-state index contributed by atoms with van der Waals surface area (Å²) in [5.41, 5.74) is 3.85. The number of fused-ring (bicyclic) bond motifs is 1. The van der Waals surface area contributed by atoms with Gasteiger partial charge in [-0.25, -0.2) is 18.2 Å². The van der Waals surface area contributed by atoms with Crippen LogP contribution in [0.25, 0.3) is 27.7 Å². The Morgan fingerprint density at radius 1 is 0.864 bits per heavy atom. The van der Waals surface area contributed by atoms with Gasteiger partial charge in [-0.2, -0.15) is 4.31 Å². The first-order valence-electron chi connectivity index (χ1n) is 14.2. The molecule has 0 spiro atoms. The number of esters is 1. The Morgan fingerprint density at radius 2 is 1.43 bits per heavy atom. The lowest BCUT2D eigenvalue weighted by atomic mass is 9.87. The van der Waals surface area contributed by atoms with Crippen LogP contribution in [-0.4, -0.2) is 42.4 Å². The van der Waals surface area contributed by atoms with E-state index in [0.29, 0.717) is 28.0 Å². The Kier molecular flexibility index (Phi) is 8.29. The molecule has 0 aliphatic rings. The highest BCUT2D eigenvalue weighted by Gasteiger charge is 2.30. The van der Waals surface area contributed by atoms with Gasteiger partial charge in [0, 0.05) is 7.05 Å². The molecular weight excluding hydrogens is 574 g/mol. The van der Waals surface area contributed by atoms with E-state index < -0.39 is 22.0 Å². The summed E-state index contributed by atoms with van der Waals surface area (Å²) >= 11 is 0. The summed E-state index contributed by atoms with van der Waals surface area (Å²) in [7, 11) is -1.08. The molecule has 1 atom stereocenters. The molecule has 226 valence electrons. The van der Waals surface area contributed by atoms with Gasteiger partial charge in [-0.15, -0.1) is 0 Å². The van der Waals surface area contributed by atoms with Gasteiger partial charge in [0.2, 0.25) is 10.0 Å². The van der Waals surface area contributed by atoms with E-state index in [1.54, 1.807) is 67.6 Å². The Morgan fingerprint density at radius 3 is 2.00 bits per heavy atom. The van der Waals surface area contributed by atoms with Gasteiger partial charge < -0.3 is 4.74 Å². The van der Waals surface area contributed by atoms with E-state index in [-0.39, 0.29) is 15.9 Å². The van der Waals surface area contributed by atoms with Crippen molar-refractivity contribution in [2.75, 3.05) is 14.2 Å². The number of nitrogens with zero attached hydrogens (tertiary/aromatic N) is 3. The minimum atomic E-state index is -3.92. The van der Waals surface area contributed by atoms with Gasteiger partial charge >= 0.3 is 5.97 Å². The fourth-order valence-electron chi connectivity index (χ4n) is 5.06. The summed E-state index contributed by atoms with van der Waals surface area (Å²) < 4.78 is 35.1. The summed E-state index contributed by atoms with van der Waals surface area (Å²) in [4.78, 5) is 30.7. The number of aromatic nitrogens is 2. The maximum Gasteiger partial charge on any atom is 0.337 e. The normalized spacial score (nSPS) is 12.8. The van der Waals surface area contributed by atoms with Crippen molar-refractivity contribution in [2.45, 2.75) is 44.0 Å². The molecule has 1 unspecified atom stereocenters. The number of carbonyl (C=O) groups is 1. The Bertz CT molecular complexity index is 1990. The summed E-state index contributed by atoms with van der Waals surface area (Å²) in [5.74, 6) is -0.119. The summed E-state index contributed by atoms with van der Waals surface area (Å²) in [6.07, 6.45) is 0. The number of benzene rings is 4. The molecule has 5 rings (SSSR count). The van der Waals surface area contributed by atoms with Crippen molar-refractivity contribution in [3.8, 4) is 16.8 Å². The molecule has 0 N–H and O–H groups in total. The van der Waals surface area contributed by atoms with Crippen LogP contribution in [0.5, 0.6) is 0 Å². The van der Waals surface area contributed by atoms with Crippen LogP contribution >= 0.6 is 0 Å². The number of para-hydroxylation sites is 1. The largest absolute Gasteiger partial charge is 0.465 e. The van der Waals surface area contributed by atoms with Crippen molar-refractivity contribution in [1.29, 1.82) is 0 Å². The maximum absolute atomic E-state index is 13.9. The quantitative estimate of drug-likeness (QED) is 0.195. The van der Waals surface area contributed by atoms with Gasteiger partial charge in [-0.3, -0.25) is 9.36 Å². The van der Waals surface area contributed by atoms with Crippen molar-refractivity contribution >= 4 is 26.9 Å². The zero-order chi connectivity index (χ0) is 31.8. The summed E-state index contributed by atoms with van der Waals surface area (Å²) in [6.45, 7) is 7.94. The van der Waals surface area contributed by atoms with E-state index in [1.165, 1.54) is 23.0 Å². The fraction of sp³-hybridized carbons (Fsp3) is 0.229. The molecule has 0 saturated heterocycles. The van der Waals surface area contributed by atoms with E-state index in [0.717, 1.165) is 16.7 Å². The molecular formula is C35H35N3O5S. The average Bonchev–Trinajstić information content (AvgIpc) is 3.03. The van der Waals surface area contributed by atoms with E-state index in [2.05, 4.69) is 20.8 Å². The van der Waals surface area contributed by atoms with Gasteiger partial charge in [0.25, 0.3) is 5.56 Å². The maximum atomic E-state index is 13.9. The second kappa shape index (κ2) is 11.8. The zero-order valence-corrected chi connectivity index (χ0v) is 26.4. The molecule has 0 fully saturated rings. The van der Waals surface area contributed by atoms with Crippen molar-refractivity contribution in [2.24, 2.45) is 0 Å². The smallest absolute Gasteiger partial charge is 0.337 e. The standard InChI is InChI=1S/C35H35N3O5S/c1-23(37(5)44(41,42)29-21-17-27(18-22-29)35(2,3)4)32-36-31-10-8-7-9-30(31)33(39)38(32)28-19-15-25(16-20-28)24-11-13-26(14-12-24)34(40)43-6/h7-23H,1-6H3. The van der Waals surface area contributed by atoms with Crippen molar-refractivity contribution < 1.29 is 17.9 Å². The Labute approximate surface area is 257 Å². The lowest BCUT2D eigenvalue weighted by Crippen LogP contribution is -2.35. The average molecular weight is 610 g/mol. The van der Waals surface area contributed by atoms with Gasteiger partial charge in [0.15, 0.2) is 0 Å². The highest BCUT2D eigenvalue weighted by molar-refractivity contribution is 7.89. The van der Waals surface area contributed by atoms with Crippen LogP contribution in [0.4, 0.5) is 0 Å². The molecule has 0 saturated carbocycles. The van der Waals surface area contributed by atoms with Crippen LogP contribution in [-0.2, 0) is 20.2 Å². The Hall–Kier alpha value is -4.60. The molecule has 1 aromatic heterocycles. The minimum absolute atomic E-state index is 0.116. The van der Waals surface area contributed by atoms with E-state index in [1.807, 2.05) is 36.4 Å². The molecule has 0 radical (unpaired) electrons. The molecule has 0 bridgehead atoms. The number of methoxy groups -OCH3 is 1. The first-order chi connectivity index (χ1) is 20.8. The molecule has 0 aliphatic heterocycles. The summed E-state index contributed by atoms with van der Waals surface area (Å²) in [6, 6.07) is 27.5. The molecule has 4 aromatic carbocycles. The molecule has 0 aliphatic carbocycles. The van der Waals surface area contributed by atoms with Crippen LogP contribution in [0.1, 0.15) is 55.5 Å². The molecule has 9 heteroatoms. The van der Waals surface area contributed by atoms with E-state index in [9.17, 15) is 18.0 Å². The van der Waals surface area contributed by atoms with Crippen LogP contribution < -0.4 is 5.56 Å². The number of hydrogen-bond acceptors (Lipinski definition) is 6. The van der Waals surface area contributed by atoms with E-state index >= 15 is 0 Å². The molecule has 44 heavy (non-hydrogen) atoms. The molecule has 1 heterocycles. The van der Waals surface area contributed by atoms with Crippen LogP contribution in [0.2, 0.25) is 0 Å². The summed E-state index contributed by atoms with van der Waals surface area (Å²) in [5, 5.41) is 0.425. The lowest BCUT2D eigenvalue weighted by molar-refractivity contribution is 0.0600. The third kappa shape index (κ3) is 5.80. The van der Waals surface area contributed by atoms with Gasteiger partial charge in [-0.1, -0.05) is 69.3 Å². The first kappa shape index (κ1) is 30.8. The van der Waals surface area contributed by atoms with Gasteiger partial charge in [0.05, 0.1) is 40.2 Å². The van der Waals surface area contributed by atoms with Crippen molar-refractivity contribution in [1.82, 2.24) is 13.9 Å². The first-order valence-corrected chi connectivity index (χ1v) is 15.7. The highest BCUT2D eigenvalue weighted by atomic mass is 32.2. The zero-order valence-electron chi connectivity index (χ0n) is 25.6. The van der Waals surface area contributed by atoms with Gasteiger partial charge in [0.1, 0.15) is 5.82 Å². The van der Waals surface area contributed by atoms with Crippen LogP contribution in [0.15, 0.2) is 107 Å². The van der Waals surface area contributed by atoms with Crippen LogP contribution in [0, 0.1) is 0 Å². The van der Waals surface area contributed by atoms with E-state index in [4.69, 9.17) is 9.72 Å². The minimum Gasteiger partial charge on any atom is -0.465 e. The number of carbonyl (C=O) groups excluding carboxylic acids is 1. The SMILES string of the molecule is COC(=O)c1ccc(-c2ccc(-n3c(C(C)N(C)S(=O)(=O)c4ccc(C(C)(C)C)cc4)nc4ccccc4c3=O)cc2)cc1. The topological polar surface area (TPSA) is 98.6 Å². The predicted octanol–water partition coefficient (Wildman–Crippen LogP) is 6.52. The predicted molar refractivity (Wildman–Crippen MR) is 173 cm³/mol. The number of hydrogen-bond donors (Lipinski definition) is 0. The second-order valence-corrected chi connectivity index (χ2v) is 13.7. The Balaban J connectivity index is 1.56. The number of sulfonamides is 1. The third-order valence-electron chi connectivity index (χ3n) is 7.88. The highest BCUT2D eigenvalue weighted by Crippen LogP contribution is 2.30. The third-order valence-corrected chi connectivity index (χ3v) is 9.83. The monoisotopic (exact) mass is 609 g/mol. The fourth-order valence-corrected chi connectivity index (χ4v) is 6.39. The van der Waals surface area contributed by atoms with Crippen molar-refractivity contribution in [3.63, 3.8) is 0 Å².